The number of hydrogen-bond donors (Lipinski definition) is 5. The number of carbonyl (C=O) groups is 3. The molecule has 3 rings (SSSR count). The van der Waals surface area contributed by atoms with Gasteiger partial charge in [0.05, 0.1) is 19.3 Å². The zero-order chi connectivity index (χ0) is 34.1. The molecule has 0 aliphatic carbocycles. The summed E-state index contributed by atoms with van der Waals surface area (Å²) in [5, 5.41) is 29.6. The first-order valence-electron chi connectivity index (χ1n) is 15.5. The van der Waals surface area contributed by atoms with E-state index in [-0.39, 0.29) is 18.8 Å². The summed E-state index contributed by atoms with van der Waals surface area (Å²) >= 11 is 0. The van der Waals surface area contributed by atoms with Gasteiger partial charge in [-0.05, 0) is 58.1 Å². The van der Waals surface area contributed by atoms with Crippen LogP contribution in [-0.4, -0.2) is 64.6 Å². The summed E-state index contributed by atoms with van der Waals surface area (Å²) in [6.07, 6.45) is 0.605. The lowest BCUT2D eigenvalue weighted by Crippen LogP contribution is -2.58. The first-order chi connectivity index (χ1) is 21.6. The van der Waals surface area contributed by atoms with Gasteiger partial charge in [-0.3, -0.25) is 9.78 Å². The molecule has 0 saturated heterocycles. The smallest absolute Gasteiger partial charge is 0.407 e. The number of methoxy groups -OCH3 is 1. The van der Waals surface area contributed by atoms with E-state index in [1.165, 1.54) is 7.11 Å². The number of aliphatic hydroxyl groups excluding tert-OH is 1. The van der Waals surface area contributed by atoms with Crippen molar-refractivity contribution in [3.63, 3.8) is 0 Å². The SMILES string of the molecule is COC(=O)N[C@H](C(=O)N[C@@H](C[C@@H](O)[C@H](Cc1ccccc1)NC(=O)O)C(c1ccc(-c2ccncc2)cc1)C(C)(C)C)C(C)(C)C. The highest BCUT2D eigenvalue weighted by molar-refractivity contribution is 5.86. The van der Waals surface area contributed by atoms with Gasteiger partial charge in [-0.25, -0.2) is 9.59 Å². The number of aromatic nitrogens is 1. The molecule has 3 aromatic rings. The van der Waals surface area contributed by atoms with E-state index < -0.39 is 53.2 Å². The van der Waals surface area contributed by atoms with Crippen LogP contribution in [0.5, 0.6) is 0 Å². The summed E-state index contributed by atoms with van der Waals surface area (Å²) in [5.41, 5.74) is 2.71. The van der Waals surface area contributed by atoms with Crippen molar-refractivity contribution in [3.05, 3.63) is 90.3 Å². The third-order valence-electron chi connectivity index (χ3n) is 8.09. The van der Waals surface area contributed by atoms with E-state index in [2.05, 4.69) is 41.7 Å². The number of alkyl carbamates (subject to hydrolysis) is 1. The second-order valence-electron chi connectivity index (χ2n) is 13.8. The Morgan fingerprint density at radius 2 is 1.37 bits per heavy atom. The fraction of sp³-hybridized carbons (Fsp3) is 0.444. The molecule has 5 atom stereocenters. The summed E-state index contributed by atoms with van der Waals surface area (Å²) in [7, 11) is 1.24. The number of carboxylic acid groups (broad SMARTS) is 1. The van der Waals surface area contributed by atoms with Gasteiger partial charge in [-0.2, -0.15) is 0 Å². The first-order valence-corrected chi connectivity index (χ1v) is 15.5. The average molecular weight is 633 g/mol. The van der Waals surface area contributed by atoms with Crippen molar-refractivity contribution in [3.8, 4) is 11.1 Å². The van der Waals surface area contributed by atoms with Crippen LogP contribution in [0.15, 0.2) is 79.1 Å². The molecule has 0 spiro atoms. The number of nitrogens with zero attached hydrogens (tertiary/aromatic N) is 1. The van der Waals surface area contributed by atoms with Crippen LogP contribution in [0.4, 0.5) is 9.59 Å². The van der Waals surface area contributed by atoms with E-state index in [0.29, 0.717) is 0 Å². The molecule has 1 aromatic heterocycles. The second kappa shape index (κ2) is 15.7. The third kappa shape index (κ3) is 10.3. The molecule has 0 bridgehead atoms. The number of hydrogen-bond acceptors (Lipinski definition) is 6. The Balaban J connectivity index is 2.05. The minimum atomic E-state index is -1.25. The van der Waals surface area contributed by atoms with Gasteiger partial charge in [0.15, 0.2) is 0 Å². The highest BCUT2D eigenvalue weighted by Crippen LogP contribution is 2.40. The van der Waals surface area contributed by atoms with Crippen LogP contribution < -0.4 is 16.0 Å². The van der Waals surface area contributed by atoms with E-state index in [0.717, 1.165) is 22.3 Å². The molecule has 10 nitrogen and oxygen atoms in total. The van der Waals surface area contributed by atoms with Crippen LogP contribution in [-0.2, 0) is 16.0 Å². The standard InChI is InChI=1S/C36H48N4O6/c1-35(2,3)30(26-15-13-24(14-16-26)25-17-19-37-20-18-25)28(38-32(42)31(36(4,5)6)40-34(45)46-7)22-29(41)27(39-33(43)44)21-23-11-9-8-10-12-23/h8-20,27-31,39,41H,21-22H2,1-7H3,(H,38,42)(H,40,45)(H,43,44)/t27-,28-,29+,30?,31+/m0/s1. The number of nitrogens with one attached hydrogen (secondary N) is 3. The predicted octanol–water partition coefficient (Wildman–Crippen LogP) is 5.76. The average Bonchev–Trinajstić information content (AvgIpc) is 2.99. The van der Waals surface area contributed by atoms with Crippen molar-refractivity contribution in [2.45, 2.75) is 84.5 Å². The first kappa shape index (κ1) is 36.0. The fourth-order valence-corrected chi connectivity index (χ4v) is 5.89. The molecular weight excluding hydrogens is 584 g/mol. The Morgan fingerprint density at radius 1 is 0.783 bits per heavy atom. The van der Waals surface area contributed by atoms with Gasteiger partial charge in [0.2, 0.25) is 5.91 Å². The molecule has 1 unspecified atom stereocenters. The number of amides is 3. The molecule has 3 amide bonds. The minimum Gasteiger partial charge on any atom is -0.465 e. The molecule has 10 heteroatoms. The van der Waals surface area contributed by atoms with Crippen molar-refractivity contribution in [1.82, 2.24) is 20.9 Å². The highest BCUT2D eigenvalue weighted by Gasteiger charge is 2.40. The lowest BCUT2D eigenvalue weighted by Gasteiger charge is -2.41. The maximum atomic E-state index is 14.0. The third-order valence-corrected chi connectivity index (χ3v) is 8.09. The van der Waals surface area contributed by atoms with E-state index in [9.17, 15) is 24.6 Å². The van der Waals surface area contributed by atoms with Crippen molar-refractivity contribution in [2.75, 3.05) is 7.11 Å². The van der Waals surface area contributed by atoms with Crippen LogP contribution in [0, 0.1) is 10.8 Å². The van der Waals surface area contributed by atoms with E-state index in [1.54, 1.807) is 12.4 Å². The molecule has 0 fully saturated rings. The van der Waals surface area contributed by atoms with Gasteiger partial charge < -0.3 is 30.9 Å². The summed E-state index contributed by atoms with van der Waals surface area (Å²) in [6.45, 7) is 11.7. The van der Waals surface area contributed by atoms with Gasteiger partial charge in [-0.1, -0.05) is 96.1 Å². The molecule has 0 aliphatic rings. The maximum absolute atomic E-state index is 14.0. The number of rotatable bonds is 12. The lowest BCUT2D eigenvalue weighted by molar-refractivity contribution is -0.126. The zero-order valence-corrected chi connectivity index (χ0v) is 27.8. The van der Waals surface area contributed by atoms with Crippen LogP contribution in [0.25, 0.3) is 11.1 Å². The van der Waals surface area contributed by atoms with Crippen LogP contribution >= 0.6 is 0 Å². The Bertz CT molecular complexity index is 1420. The molecule has 2 aromatic carbocycles. The van der Waals surface area contributed by atoms with Crippen molar-refractivity contribution in [1.29, 1.82) is 0 Å². The summed E-state index contributed by atoms with van der Waals surface area (Å²) in [5.74, 6) is -0.762. The lowest BCUT2D eigenvalue weighted by atomic mass is 9.70. The maximum Gasteiger partial charge on any atom is 0.407 e. The molecule has 0 saturated carbocycles. The Hall–Kier alpha value is -4.44. The zero-order valence-electron chi connectivity index (χ0n) is 27.8. The van der Waals surface area contributed by atoms with Gasteiger partial charge in [0.1, 0.15) is 6.04 Å². The minimum absolute atomic E-state index is 0.0344. The number of ether oxygens (including phenoxy) is 1. The number of carbonyl (C=O) groups excluding carboxylic acids is 2. The summed E-state index contributed by atoms with van der Waals surface area (Å²) in [6, 6.07) is 18.8. The van der Waals surface area contributed by atoms with Crippen molar-refractivity contribution >= 4 is 18.1 Å². The Labute approximate surface area is 272 Å². The number of benzene rings is 2. The molecule has 1 heterocycles. The van der Waals surface area contributed by atoms with Gasteiger partial charge in [-0.15, -0.1) is 0 Å². The van der Waals surface area contributed by atoms with E-state index in [1.807, 2.05) is 87.5 Å². The van der Waals surface area contributed by atoms with Gasteiger partial charge in [0, 0.05) is 24.4 Å². The van der Waals surface area contributed by atoms with Crippen molar-refractivity contribution in [2.24, 2.45) is 10.8 Å². The fourth-order valence-electron chi connectivity index (χ4n) is 5.89. The number of aliphatic hydroxyl groups is 1. The van der Waals surface area contributed by atoms with E-state index >= 15 is 0 Å². The largest absolute Gasteiger partial charge is 0.465 e. The molecular formula is C36H48N4O6. The topological polar surface area (TPSA) is 150 Å². The molecule has 248 valence electrons. The molecule has 46 heavy (non-hydrogen) atoms. The quantitative estimate of drug-likeness (QED) is 0.170. The van der Waals surface area contributed by atoms with E-state index in [4.69, 9.17) is 4.74 Å². The summed E-state index contributed by atoms with van der Waals surface area (Å²) < 4.78 is 4.80. The molecule has 0 radical (unpaired) electrons. The van der Waals surface area contributed by atoms with Crippen LogP contribution in [0.2, 0.25) is 0 Å². The molecule has 5 N–H and O–H groups in total. The van der Waals surface area contributed by atoms with Crippen molar-refractivity contribution < 1.29 is 29.3 Å². The second-order valence-corrected chi connectivity index (χ2v) is 13.8. The summed E-state index contributed by atoms with van der Waals surface area (Å²) in [4.78, 5) is 42.2. The van der Waals surface area contributed by atoms with Gasteiger partial charge in [0.25, 0.3) is 0 Å². The van der Waals surface area contributed by atoms with Gasteiger partial charge >= 0.3 is 12.2 Å². The number of pyridine rings is 1. The highest BCUT2D eigenvalue weighted by atomic mass is 16.5. The monoisotopic (exact) mass is 632 g/mol. The predicted molar refractivity (Wildman–Crippen MR) is 178 cm³/mol. The Morgan fingerprint density at radius 3 is 1.89 bits per heavy atom. The Kier molecular flexibility index (Phi) is 12.3. The van der Waals surface area contributed by atoms with Crippen LogP contribution in [0.3, 0.4) is 0 Å². The molecule has 0 aliphatic heterocycles. The van der Waals surface area contributed by atoms with Crippen LogP contribution in [0.1, 0.15) is 65.0 Å². The normalized spacial score (nSPS) is 15.0.